The molecule has 1 fully saturated rings. The van der Waals surface area contributed by atoms with Crippen molar-refractivity contribution in [3.63, 3.8) is 0 Å². The molecule has 2 atom stereocenters. The molecule has 1 aliphatic rings. The lowest BCUT2D eigenvalue weighted by Crippen LogP contribution is -2.38. The lowest BCUT2D eigenvalue weighted by atomic mass is 9.99. The summed E-state index contributed by atoms with van der Waals surface area (Å²) >= 11 is 1.46. The van der Waals surface area contributed by atoms with Crippen LogP contribution >= 0.6 is 11.3 Å². The number of thiophene rings is 1. The maximum Gasteiger partial charge on any atom is 0.252 e. The van der Waals surface area contributed by atoms with Crippen molar-refractivity contribution in [3.05, 3.63) is 57.8 Å². The first-order valence-corrected chi connectivity index (χ1v) is 7.99. The zero-order valence-electron chi connectivity index (χ0n) is 12.1. The van der Waals surface area contributed by atoms with Gasteiger partial charge in [-0.25, -0.2) is 8.78 Å². The Bertz CT molecular complexity index is 675. The molecule has 116 valence electrons. The van der Waals surface area contributed by atoms with Crippen LogP contribution in [0.3, 0.4) is 0 Å². The molecule has 1 amide bonds. The molecule has 0 radical (unpaired) electrons. The van der Waals surface area contributed by atoms with Gasteiger partial charge in [-0.15, -0.1) is 0 Å². The largest absolute Gasteiger partial charge is 0.347 e. The average Bonchev–Trinajstić information content (AvgIpc) is 3.13. The number of amides is 1. The summed E-state index contributed by atoms with van der Waals surface area (Å²) in [6.07, 6.45) is 0.774. The smallest absolute Gasteiger partial charge is 0.252 e. The Hall–Kier alpha value is -1.79. The molecule has 2 heterocycles. The minimum Gasteiger partial charge on any atom is -0.347 e. The molecule has 1 aliphatic heterocycles. The van der Waals surface area contributed by atoms with Gasteiger partial charge in [0.2, 0.25) is 0 Å². The molecule has 1 aromatic heterocycles. The van der Waals surface area contributed by atoms with E-state index in [1.165, 1.54) is 17.4 Å². The first-order chi connectivity index (χ1) is 10.6. The first kappa shape index (κ1) is 15.1. The molecule has 1 aromatic carbocycles. The fraction of sp³-hybridized carbons (Fsp3) is 0.312. The molecular weight excluding hydrogens is 306 g/mol. The van der Waals surface area contributed by atoms with Crippen LogP contribution in [0.15, 0.2) is 35.0 Å². The quantitative estimate of drug-likeness (QED) is 0.941. The van der Waals surface area contributed by atoms with Gasteiger partial charge < -0.3 is 5.32 Å². The Morgan fingerprint density at radius 3 is 2.82 bits per heavy atom. The zero-order chi connectivity index (χ0) is 15.7. The van der Waals surface area contributed by atoms with Crippen LogP contribution in [0.5, 0.6) is 0 Å². The summed E-state index contributed by atoms with van der Waals surface area (Å²) in [6, 6.07) is 5.42. The highest BCUT2D eigenvalue weighted by atomic mass is 32.1. The molecule has 0 aliphatic carbocycles. The molecular formula is C16H16F2N2OS. The molecule has 6 heteroatoms. The number of likely N-dealkylation sites (tertiary alicyclic amines) is 1. The Labute approximate surface area is 131 Å². The highest BCUT2D eigenvalue weighted by Gasteiger charge is 2.34. The van der Waals surface area contributed by atoms with Gasteiger partial charge in [0.05, 0.1) is 12.1 Å². The molecule has 2 aromatic rings. The third-order valence-corrected chi connectivity index (χ3v) is 4.72. The Balaban J connectivity index is 1.81. The number of hydrogen-bond acceptors (Lipinski definition) is 3. The van der Waals surface area contributed by atoms with Crippen LogP contribution in [0.1, 0.15) is 28.4 Å². The number of hydrogen-bond donors (Lipinski definition) is 1. The number of benzene rings is 1. The SMILES string of the molecule is CN1CC[C@@H](NC(=O)c2ccsc2)[C@@H]1c1ccc(F)c(F)c1. The summed E-state index contributed by atoms with van der Waals surface area (Å²) in [5, 5.41) is 6.65. The second-order valence-electron chi connectivity index (χ2n) is 5.48. The highest BCUT2D eigenvalue weighted by molar-refractivity contribution is 7.08. The molecule has 22 heavy (non-hydrogen) atoms. The van der Waals surface area contributed by atoms with E-state index < -0.39 is 11.6 Å². The summed E-state index contributed by atoms with van der Waals surface area (Å²) in [6.45, 7) is 0.790. The van der Waals surface area contributed by atoms with Crippen LogP contribution < -0.4 is 5.32 Å². The van der Waals surface area contributed by atoms with Gasteiger partial charge in [-0.2, -0.15) is 11.3 Å². The van der Waals surface area contributed by atoms with E-state index in [2.05, 4.69) is 5.32 Å². The van der Waals surface area contributed by atoms with E-state index in [1.807, 2.05) is 17.3 Å². The Morgan fingerprint density at radius 1 is 1.32 bits per heavy atom. The maximum absolute atomic E-state index is 13.5. The average molecular weight is 322 g/mol. The number of likely N-dealkylation sites (N-methyl/N-ethyl adjacent to an activating group) is 1. The molecule has 1 saturated heterocycles. The third-order valence-electron chi connectivity index (χ3n) is 4.03. The van der Waals surface area contributed by atoms with Crippen LogP contribution in [0.2, 0.25) is 0 Å². The van der Waals surface area contributed by atoms with Crippen LogP contribution in [0.25, 0.3) is 0 Å². The van der Waals surface area contributed by atoms with E-state index >= 15 is 0 Å². The van der Waals surface area contributed by atoms with Crippen molar-refractivity contribution in [2.24, 2.45) is 0 Å². The maximum atomic E-state index is 13.5. The summed E-state index contributed by atoms with van der Waals surface area (Å²) in [5.74, 6) is -1.85. The van der Waals surface area contributed by atoms with E-state index in [1.54, 1.807) is 17.5 Å². The van der Waals surface area contributed by atoms with Crippen molar-refractivity contribution in [3.8, 4) is 0 Å². The standard InChI is InChI=1S/C16H16F2N2OS/c1-20-6-4-14(19-16(21)11-5-7-22-9-11)15(20)10-2-3-12(17)13(18)8-10/h2-3,5,7-9,14-15H,4,6H2,1H3,(H,19,21)/t14-,15+/m1/s1. The molecule has 0 unspecified atom stereocenters. The predicted octanol–water partition coefficient (Wildman–Crippen LogP) is 3.20. The van der Waals surface area contributed by atoms with Crippen molar-refractivity contribution in [2.45, 2.75) is 18.5 Å². The lowest BCUT2D eigenvalue weighted by molar-refractivity contribution is 0.0928. The number of carbonyl (C=O) groups excluding carboxylic acids is 1. The topological polar surface area (TPSA) is 32.3 Å². The highest BCUT2D eigenvalue weighted by Crippen LogP contribution is 2.32. The van der Waals surface area contributed by atoms with Gasteiger partial charge in [0.25, 0.3) is 5.91 Å². The van der Waals surface area contributed by atoms with Crippen molar-refractivity contribution in [1.82, 2.24) is 10.2 Å². The van der Waals surface area contributed by atoms with Crippen molar-refractivity contribution in [2.75, 3.05) is 13.6 Å². The number of nitrogens with one attached hydrogen (secondary N) is 1. The minimum atomic E-state index is -0.860. The number of halogens is 2. The van der Waals surface area contributed by atoms with E-state index in [9.17, 15) is 13.6 Å². The normalized spacial score (nSPS) is 22.0. The predicted molar refractivity (Wildman–Crippen MR) is 81.9 cm³/mol. The van der Waals surface area contributed by atoms with E-state index in [0.29, 0.717) is 11.1 Å². The summed E-state index contributed by atoms with van der Waals surface area (Å²) in [5.41, 5.74) is 1.30. The number of nitrogens with zero attached hydrogens (tertiary/aromatic N) is 1. The second-order valence-corrected chi connectivity index (χ2v) is 6.26. The Morgan fingerprint density at radius 2 is 2.14 bits per heavy atom. The van der Waals surface area contributed by atoms with Crippen LogP contribution in [0.4, 0.5) is 8.78 Å². The van der Waals surface area contributed by atoms with Gasteiger partial charge in [0, 0.05) is 17.5 Å². The molecule has 3 nitrogen and oxygen atoms in total. The summed E-state index contributed by atoms with van der Waals surface area (Å²) in [7, 11) is 1.92. The van der Waals surface area contributed by atoms with Gasteiger partial charge >= 0.3 is 0 Å². The number of carbonyl (C=O) groups is 1. The van der Waals surface area contributed by atoms with E-state index in [0.717, 1.165) is 19.0 Å². The third kappa shape index (κ3) is 2.89. The molecule has 0 saturated carbocycles. The summed E-state index contributed by atoms with van der Waals surface area (Å²) in [4.78, 5) is 14.3. The van der Waals surface area contributed by atoms with Crippen molar-refractivity contribution >= 4 is 17.2 Å². The van der Waals surface area contributed by atoms with Gasteiger partial charge in [0.1, 0.15) is 0 Å². The molecule has 0 bridgehead atoms. The van der Waals surface area contributed by atoms with Crippen LogP contribution in [0, 0.1) is 11.6 Å². The molecule has 0 spiro atoms. The fourth-order valence-corrected chi connectivity index (χ4v) is 3.56. The molecule has 1 N–H and O–H groups in total. The Kier molecular flexibility index (Phi) is 4.22. The van der Waals surface area contributed by atoms with E-state index in [4.69, 9.17) is 0 Å². The van der Waals surface area contributed by atoms with Crippen LogP contribution in [-0.2, 0) is 0 Å². The summed E-state index contributed by atoms with van der Waals surface area (Å²) < 4.78 is 26.6. The molecule has 3 rings (SSSR count). The zero-order valence-corrected chi connectivity index (χ0v) is 12.9. The first-order valence-electron chi connectivity index (χ1n) is 7.04. The minimum absolute atomic E-state index is 0.123. The van der Waals surface area contributed by atoms with Gasteiger partial charge in [-0.05, 0) is 42.6 Å². The fourth-order valence-electron chi connectivity index (χ4n) is 2.93. The lowest BCUT2D eigenvalue weighted by Gasteiger charge is -2.26. The van der Waals surface area contributed by atoms with Gasteiger partial charge in [0.15, 0.2) is 11.6 Å². The van der Waals surface area contributed by atoms with Crippen LogP contribution in [-0.4, -0.2) is 30.4 Å². The van der Waals surface area contributed by atoms with Crippen molar-refractivity contribution in [1.29, 1.82) is 0 Å². The monoisotopic (exact) mass is 322 g/mol. The second kappa shape index (κ2) is 6.14. The van der Waals surface area contributed by atoms with Gasteiger partial charge in [-0.1, -0.05) is 6.07 Å². The number of rotatable bonds is 3. The van der Waals surface area contributed by atoms with Crippen molar-refractivity contribution < 1.29 is 13.6 Å². The van der Waals surface area contributed by atoms with Gasteiger partial charge in [-0.3, -0.25) is 9.69 Å². The van der Waals surface area contributed by atoms with E-state index in [-0.39, 0.29) is 18.0 Å².